The topological polar surface area (TPSA) is 29.5 Å². The van der Waals surface area contributed by atoms with Crippen LogP contribution in [0.2, 0.25) is 0 Å². The van der Waals surface area contributed by atoms with Crippen LogP contribution in [-0.2, 0) is 4.74 Å². The van der Waals surface area contributed by atoms with Crippen molar-refractivity contribution in [3.8, 4) is 0 Å². The van der Waals surface area contributed by atoms with Crippen LogP contribution in [0.4, 0.5) is 0 Å². The molecule has 0 rings (SSSR count). The first-order chi connectivity index (χ1) is 6.01. The van der Waals surface area contributed by atoms with E-state index in [2.05, 4.69) is 13.8 Å². The summed E-state index contributed by atoms with van der Waals surface area (Å²) < 4.78 is 5.60. The van der Waals surface area contributed by atoms with Gasteiger partial charge in [-0.2, -0.15) is 0 Å². The zero-order valence-corrected chi connectivity index (χ0v) is 9.63. The van der Waals surface area contributed by atoms with Crippen molar-refractivity contribution in [1.82, 2.24) is 0 Å². The first-order valence-corrected chi connectivity index (χ1v) is 5.35. The summed E-state index contributed by atoms with van der Waals surface area (Å²) in [6.07, 6.45) is 1.48. The molecule has 0 spiro atoms. The van der Waals surface area contributed by atoms with Crippen LogP contribution in [0.3, 0.4) is 0 Å². The van der Waals surface area contributed by atoms with Gasteiger partial charge in [0.1, 0.15) is 0 Å². The highest BCUT2D eigenvalue weighted by atomic mass is 16.5. The van der Waals surface area contributed by atoms with Gasteiger partial charge in [-0.05, 0) is 25.7 Å². The SMILES string of the molecule is CCO[C@@H](C(C)C)C(O)(CC)CC. The summed E-state index contributed by atoms with van der Waals surface area (Å²) in [6, 6.07) is 0. The molecule has 0 amide bonds. The highest BCUT2D eigenvalue weighted by molar-refractivity contribution is 4.87. The van der Waals surface area contributed by atoms with E-state index in [1.165, 1.54) is 0 Å². The van der Waals surface area contributed by atoms with Gasteiger partial charge in [-0.25, -0.2) is 0 Å². The Morgan fingerprint density at radius 1 is 1.15 bits per heavy atom. The van der Waals surface area contributed by atoms with Gasteiger partial charge in [0.25, 0.3) is 0 Å². The smallest absolute Gasteiger partial charge is 0.0905 e. The van der Waals surface area contributed by atoms with Gasteiger partial charge in [-0.15, -0.1) is 0 Å². The third kappa shape index (κ3) is 3.28. The Morgan fingerprint density at radius 3 is 1.85 bits per heavy atom. The summed E-state index contributed by atoms with van der Waals surface area (Å²) in [5.41, 5.74) is -0.649. The van der Waals surface area contributed by atoms with Crippen LogP contribution in [0.1, 0.15) is 47.5 Å². The standard InChI is InChI=1S/C11H24O2/c1-6-11(12,7-2)10(9(4)5)13-8-3/h9-10,12H,6-8H2,1-5H3/t10-/m0/s1. The van der Waals surface area contributed by atoms with E-state index in [0.29, 0.717) is 12.5 Å². The van der Waals surface area contributed by atoms with Crippen molar-refractivity contribution in [3.05, 3.63) is 0 Å². The van der Waals surface area contributed by atoms with Gasteiger partial charge < -0.3 is 9.84 Å². The lowest BCUT2D eigenvalue weighted by Crippen LogP contribution is -2.46. The van der Waals surface area contributed by atoms with E-state index in [-0.39, 0.29) is 6.10 Å². The van der Waals surface area contributed by atoms with Crippen molar-refractivity contribution in [1.29, 1.82) is 0 Å². The minimum absolute atomic E-state index is 0.0347. The number of rotatable bonds is 6. The number of aliphatic hydroxyl groups is 1. The molecule has 0 saturated carbocycles. The maximum Gasteiger partial charge on any atom is 0.0905 e. The van der Waals surface area contributed by atoms with Gasteiger partial charge in [0.05, 0.1) is 11.7 Å². The number of hydrogen-bond donors (Lipinski definition) is 1. The Balaban J connectivity index is 4.48. The van der Waals surface area contributed by atoms with Crippen LogP contribution in [0, 0.1) is 5.92 Å². The molecule has 80 valence electrons. The van der Waals surface area contributed by atoms with Crippen LogP contribution < -0.4 is 0 Å². The molecule has 0 unspecified atom stereocenters. The molecule has 13 heavy (non-hydrogen) atoms. The summed E-state index contributed by atoms with van der Waals surface area (Å²) >= 11 is 0. The summed E-state index contributed by atoms with van der Waals surface area (Å²) in [5.74, 6) is 0.366. The van der Waals surface area contributed by atoms with E-state index in [1.807, 2.05) is 20.8 Å². The molecule has 0 bridgehead atoms. The van der Waals surface area contributed by atoms with Gasteiger partial charge in [0.15, 0.2) is 0 Å². The highest BCUT2D eigenvalue weighted by Crippen LogP contribution is 2.27. The Bertz CT molecular complexity index is 128. The summed E-state index contributed by atoms with van der Waals surface area (Å²) in [5, 5.41) is 10.3. The molecule has 0 radical (unpaired) electrons. The highest BCUT2D eigenvalue weighted by Gasteiger charge is 2.35. The quantitative estimate of drug-likeness (QED) is 0.694. The first kappa shape index (κ1) is 12.9. The summed E-state index contributed by atoms with van der Waals surface area (Å²) in [6.45, 7) is 10.9. The molecular weight excluding hydrogens is 164 g/mol. The predicted molar refractivity (Wildman–Crippen MR) is 55.8 cm³/mol. The summed E-state index contributed by atoms with van der Waals surface area (Å²) in [4.78, 5) is 0. The normalized spacial score (nSPS) is 15.0. The average Bonchev–Trinajstić information content (AvgIpc) is 2.12. The largest absolute Gasteiger partial charge is 0.387 e. The summed E-state index contributed by atoms with van der Waals surface area (Å²) in [7, 11) is 0. The molecule has 0 aliphatic carbocycles. The van der Waals surface area contributed by atoms with Gasteiger partial charge in [-0.1, -0.05) is 27.7 Å². The van der Waals surface area contributed by atoms with E-state index < -0.39 is 5.60 Å². The fraction of sp³-hybridized carbons (Fsp3) is 1.00. The monoisotopic (exact) mass is 188 g/mol. The lowest BCUT2D eigenvalue weighted by molar-refractivity contribution is -0.129. The second-order valence-corrected chi connectivity index (χ2v) is 3.93. The maximum atomic E-state index is 10.3. The molecule has 0 aromatic carbocycles. The molecule has 0 aliphatic heterocycles. The van der Waals surface area contributed by atoms with E-state index >= 15 is 0 Å². The lowest BCUT2D eigenvalue weighted by Gasteiger charge is -2.37. The van der Waals surface area contributed by atoms with Crippen molar-refractivity contribution in [2.24, 2.45) is 5.92 Å². The Hall–Kier alpha value is -0.0800. The predicted octanol–water partition coefficient (Wildman–Crippen LogP) is 2.60. The van der Waals surface area contributed by atoms with Crippen molar-refractivity contribution >= 4 is 0 Å². The zero-order chi connectivity index (χ0) is 10.5. The van der Waals surface area contributed by atoms with Crippen molar-refractivity contribution in [2.45, 2.75) is 59.2 Å². The van der Waals surface area contributed by atoms with E-state index in [9.17, 15) is 5.11 Å². The van der Waals surface area contributed by atoms with Gasteiger partial charge in [0.2, 0.25) is 0 Å². The van der Waals surface area contributed by atoms with Crippen LogP contribution in [0.25, 0.3) is 0 Å². The zero-order valence-electron chi connectivity index (χ0n) is 9.63. The minimum atomic E-state index is -0.649. The molecule has 0 fully saturated rings. The minimum Gasteiger partial charge on any atom is -0.387 e. The number of ether oxygens (including phenoxy) is 1. The van der Waals surface area contributed by atoms with Crippen LogP contribution >= 0.6 is 0 Å². The Kier molecular flexibility index (Phi) is 5.57. The van der Waals surface area contributed by atoms with Crippen molar-refractivity contribution in [2.75, 3.05) is 6.61 Å². The second kappa shape index (κ2) is 5.61. The molecule has 1 atom stereocenters. The van der Waals surface area contributed by atoms with Crippen molar-refractivity contribution < 1.29 is 9.84 Å². The number of hydrogen-bond acceptors (Lipinski definition) is 2. The Labute approximate surface area is 82.3 Å². The fourth-order valence-corrected chi connectivity index (χ4v) is 1.80. The molecule has 2 nitrogen and oxygen atoms in total. The first-order valence-electron chi connectivity index (χ1n) is 5.35. The molecular formula is C11H24O2. The maximum absolute atomic E-state index is 10.3. The molecule has 1 N–H and O–H groups in total. The van der Waals surface area contributed by atoms with Gasteiger partial charge in [0, 0.05) is 6.61 Å². The Morgan fingerprint density at radius 2 is 1.62 bits per heavy atom. The molecule has 0 aromatic rings. The molecule has 0 saturated heterocycles. The fourth-order valence-electron chi connectivity index (χ4n) is 1.80. The lowest BCUT2D eigenvalue weighted by atomic mass is 9.84. The second-order valence-electron chi connectivity index (χ2n) is 3.93. The van der Waals surface area contributed by atoms with Crippen LogP contribution in [0.5, 0.6) is 0 Å². The van der Waals surface area contributed by atoms with Gasteiger partial charge >= 0.3 is 0 Å². The third-order valence-electron chi connectivity index (χ3n) is 2.71. The van der Waals surface area contributed by atoms with E-state index in [0.717, 1.165) is 12.8 Å². The van der Waals surface area contributed by atoms with E-state index in [4.69, 9.17) is 4.74 Å². The van der Waals surface area contributed by atoms with Crippen LogP contribution in [-0.4, -0.2) is 23.4 Å². The molecule has 0 aliphatic rings. The molecule has 2 heteroatoms. The van der Waals surface area contributed by atoms with Gasteiger partial charge in [-0.3, -0.25) is 0 Å². The van der Waals surface area contributed by atoms with E-state index in [1.54, 1.807) is 0 Å². The van der Waals surface area contributed by atoms with Crippen LogP contribution in [0.15, 0.2) is 0 Å². The van der Waals surface area contributed by atoms with Crippen molar-refractivity contribution in [3.63, 3.8) is 0 Å². The molecule has 0 aromatic heterocycles. The average molecular weight is 188 g/mol. The third-order valence-corrected chi connectivity index (χ3v) is 2.71. The molecule has 0 heterocycles.